The monoisotopic (exact) mass is 401 g/mol. The highest BCUT2D eigenvalue weighted by molar-refractivity contribution is 5.67. The van der Waals surface area contributed by atoms with Gasteiger partial charge in [0.2, 0.25) is 0 Å². The third kappa shape index (κ3) is 4.90. The SMILES string of the molecule is COC(=O)NCc1cc(-c2ccn(-c3ccc(OC(F)F)cc3C)n2)ccc1C. The molecule has 0 aliphatic heterocycles. The lowest BCUT2D eigenvalue weighted by molar-refractivity contribution is -0.0498. The molecule has 1 N–H and O–H groups in total. The molecule has 1 amide bonds. The number of aromatic nitrogens is 2. The summed E-state index contributed by atoms with van der Waals surface area (Å²) in [5.74, 6) is 0.106. The van der Waals surface area contributed by atoms with Crippen LogP contribution >= 0.6 is 0 Å². The van der Waals surface area contributed by atoms with Crippen LogP contribution in [0, 0.1) is 13.8 Å². The number of alkyl halides is 2. The molecule has 1 aromatic heterocycles. The predicted octanol–water partition coefficient (Wildman–Crippen LogP) is 4.61. The van der Waals surface area contributed by atoms with E-state index < -0.39 is 12.7 Å². The van der Waals surface area contributed by atoms with Crippen molar-refractivity contribution in [3.63, 3.8) is 0 Å². The maximum Gasteiger partial charge on any atom is 0.407 e. The number of aryl methyl sites for hydroxylation is 2. The summed E-state index contributed by atoms with van der Waals surface area (Å²) in [7, 11) is 1.32. The van der Waals surface area contributed by atoms with E-state index in [9.17, 15) is 13.6 Å². The molecule has 0 saturated carbocycles. The number of ether oxygens (including phenoxy) is 2. The molecular formula is C21H21F2N3O3. The molecule has 0 radical (unpaired) electrons. The van der Waals surface area contributed by atoms with E-state index in [1.165, 1.54) is 13.2 Å². The van der Waals surface area contributed by atoms with E-state index in [2.05, 4.69) is 19.9 Å². The highest BCUT2D eigenvalue weighted by atomic mass is 19.3. The van der Waals surface area contributed by atoms with Crippen LogP contribution in [0.4, 0.5) is 13.6 Å². The highest BCUT2D eigenvalue weighted by Gasteiger charge is 2.11. The Morgan fingerprint density at radius 1 is 1.14 bits per heavy atom. The first kappa shape index (κ1) is 20.3. The second kappa shape index (κ2) is 8.72. The van der Waals surface area contributed by atoms with Crippen molar-refractivity contribution < 1.29 is 23.0 Å². The van der Waals surface area contributed by atoms with E-state index in [1.807, 2.05) is 31.2 Å². The van der Waals surface area contributed by atoms with Gasteiger partial charge in [-0.05, 0) is 60.9 Å². The number of hydrogen-bond acceptors (Lipinski definition) is 4. The number of hydrogen-bond donors (Lipinski definition) is 1. The van der Waals surface area contributed by atoms with Crippen LogP contribution in [0.5, 0.6) is 5.75 Å². The summed E-state index contributed by atoms with van der Waals surface area (Å²) in [6.45, 7) is 1.25. The molecule has 0 saturated heterocycles. The van der Waals surface area contributed by atoms with Gasteiger partial charge in [-0.2, -0.15) is 13.9 Å². The number of nitrogens with zero attached hydrogens (tertiary/aromatic N) is 2. The summed E-state index contributed by atoms with van der Waals surface area (Å²) < 4.78 is 35.5. The Balaban J connectivity index is 1.84. The number of benzene rings is 2. The molecule has 0 spiro atoms. The molecule has 29 heavy (non-hydrogen) atoms. The zero-order valence-corrected chi connectivity index (χ0v) is 16.3. The lowest BCUT2D eigenvalue weighted by Gasteiger charge is -2.10. The molecule has 1 heterocycles. The molecule has 6 nitrogen and oxygen atoms in total. The Morgan fingerprint density at radius 3 is 2.62 bits per heavy atom. The van der Waals surface area contributed by atoms with Crippen LogP contribution < -0.4 is 10.1 Å². The van der Waals surface area contributed by atoms with E-state index in [1.54, 1.807) is 29.9 Å². The third-order valence-corrected chi connectivity index (χ3v) is 4.48. The summed E-state index contributed by atoms with van der Waals surface area (Å²) >= 11 is 0. The first-order valence-corrected chi connectivity index (χ1v) is 8.90. The Morgan fingerprint density at radius 2 is 1.93 bits per heavy atom. The maximum absolute atomic E-state index is 12.4. The Bertz CT molecular complexity index is 1020. The maximum atomic E-state index is 12.4. The topological polar surface area (TPSA) is 65.4 Å². The van der Waals surface area contributed by atoms with Crippen molar-refractivity contribution in [3.05, 3.63) is 65.4 Å². The van der Waals surface area contributed by atoms with Gasteiger partial charge in [-0.1, -0.05) is 12.1 Å². The lowest BCUT2D eigenvalue weighted by atomic mass is 10.0. The smallest absolute Gasteiger partial charge is 0.407 e. The molecule has 2 aromatic carbocycles. The summed E-state index contributed by atoms with van der Waals surface area (Å²) in [5.41, 5.74) is 5.15. The van der Waals surface area contributed by atoms with Gasteiger partial charge in [-0.25, -0.2) is 9.48 Å². The highest BCUT2D eigenvalue weighted by Crippen LogP contribution is 2.25. The van der Waals surface area contributed by atoms with Gasteiger partial charge < -0.3 is 14.8 Å². The van der Waals surface area contributed by atoms with Crippen molar-refractivity contribution in [2.24, 2.45) is 0 Å². The van der Waals surface area contributed by atoms with E-state index >= 15 is 0 Å². The van der Waals surface area contributed by atoms with E-state index in [0.717, 1.165) is 33.6 Å². The number of methoxy groups -OCH3 is 1. The Hall–Kier alpha value is -3.42. The van der Waals surface area contributed by atoms with Gasteiger partial charge in [0, 0.05) is 18.3 Å². The average molecular weight is 401 g/mol. The van der Waals surface area contributed by atoms with Crippen molar-refractivity contribution in [1.29, 1.82) is 0 Å². The van der Waals surface area contributed by atoms with Crippen LogP contribution in [0.25, 0.3) is 16.9 Å². The second-order valence-corrected chi connectivity index (χ2v) is 6.46. The number of alkyl carbamates (subject to hydrolysis) is 1. The number of carbonyl (C=O) groups excluding carboxylic acids is 1. The zero-order chi connectivity index (χ0) is 21.0. The van der Waals surface area contributed by atoms with Gasteiger partial charge in [-0.15, -0.1) is 0 Å². The zero-order valence-electron chi connectivity index (χ0n) is 16.3. The molecule has 0 aliphatic carbocycles. The van der Waals surface area contributed by atoms with Gasteiger partial charge >= 0.3 is 12.7 Å². The van der Waals surface area contributed by atoms with Gasteiger partial charge in [-0.3, -0.25) is 0 Å². The number of carbonyl (C=O) groups is 1. The molecule has 0 aliphatic rings. The first-order valence-electron chi connectivity index (χ1n) is 8.90. The van der Waals surface area contributed by atoms with Crippen LogP contribution in [0.2, 0.25) is 0 Å². The minimum absolute atomic E-state index is 0.106. The minimum atomic E-state index is -2.86. The molecule has 0 atom stereocenters. The summed E-state index contributed by atoms with van der Waals surface area (Å²) in [5, 5.41) is 7.27. The number of halogens is 2. The van der Waals surface area contributed by atoms with Gasteiger partial charge in [0.1, 0.15) is 5.75 Å². The molecule has 3 aromatic rings. The fraction of sp³-hybridized carbons (Fsp3) is 0.238. The number of amides is 1. The van der Waals surface area contributed by atoms with E-state index in [4.69, 9.17) is 0 Å². The summed E-state index contributed by atoms with van der Waals surface area (Å²) in [4.78, 5) is 11.3. The van der Waals surface area contributed by atoms with Crippen molar-refractivity contribution >= 4 is 6.09 Å². The molecule has 8 heteroatoms. The largest absolute Gasteiger partial charge is 0.453 e. The molecular weight excluding hydrogens is 380 g/mol. The van der Waals surface area contributed by atoms with Crippen molar-refractivity contribution in [3.8, 4) is 22.7 Å². The Labute approximate surface area is 167 Å². The predicted molar refractivity (Wildman–Crippen MR) is 104 cm³/mol. The fourth-order valence-corrected chi connectivity index (χ4v) is 2.93. The second-order valence-electron chi connectivity index (χ2n) is 6.46. The summed E-state index contributed by atoms with van der Waals surface area (Å²) in [6.07, 6.45) is 1.31. The first-order chi connectivity index (χ1) is 13.9. The molecule has 0 fully saturated rings. The normalized spacial score (nSPS) is 10.8. The van der Waals surface area contributed by atoms with Gasteiger partial charge in [0.15, 0.2) is 0 Å². The van der Waals surface area contributed by atoms with Gasteiger partial charge in [0.05, 0.1) is 18.5 Å². The van der Waals surface area contributed by atoms with Crippen molar-refractivity contribution in [2.45, 2.75) is 27.0 Å². The number of nitrogens with one attached hydrogen (secondary N) is 1. The molecule has 0 unspecified atom stereocenters. The van der Waals surface area contributed by atoms with Crippen molar-refractivity contribution in [1.82, 2.24) is 15.1 Å². The van der Waals surface area contributed by atoms with Crippen LogP contribution in [-0.2, 0) is 11.3 Å². The molecule has 152 valence electrons. The quantitative estimate of drug-likeness (QED) is 0.655. The van der Waals surface area contributed by atoms with Crippen LogP contribution in [0.15, 0.2) is 48.7 Å². The molecule has 0 bridgehead atoms. The number of rotatable bonds is 6. The van der Waals surface area contributed by atoms with Crippen LogP contribution in [0.3, 0.4) is 0 Å². The summed E-state index contributed by atoms with van der Waals surface area (Å²) in [6, 6.07) is 12.5. The van der Waals surface area contributed by atoms with E-state index in [-0.39, 0.29) is 5.75 Å². The van der Waals surface area contributed by atoms with Crippen LogP contribution in [-0.4, -0.2) is 29.6 Å². The minimum Gasteiger partial charge on any atom is -0.453 e. The van der Waals surface area contributed by atoms with E-state index in [0.29, 0.717) is 6.54 Å². The van der Waals surface area contributed by atoms with Crippen molar-refractivity contribution in [2.75, 3.05) is 7.11 Å². The van der Waals surface area contributed by atoms with Gasteiger partial charge in [0.25, 0.3) is 0 Å². The standard InChI is InChI=1S/C21H21F2N3O3/c1-13-4-5-15(11-16(13)12-24-21(27)28-3)18-8-9-26(25-18)19-7-6-17(10-14(19)2)29-20(22)23/h4-11,20H,12H2,1-3H3,(H,24,27). The fourth-order valence-electron chi connectivity index (χ4n) is 2.93. The Kier molecular flexibility index (Phi) is 6.11. The lowest BCUT2D eigenvalue weighted by Crippen LogP contribution is -2.22. The third-order valence-electron chi connectivity index (χ3n) is 4.48. The molecule has 3 rings (SSSR count). The van der Waals surface area contributed by atoms with Crippen LogP contribution in [0.1, 0.15) is 16.7 Å². The average Bonchev–Trinajstić information content (AvgIpc) is 3.16.